The number of hydrogen-bond donors (Lipinski definition) is 1. The third kappa shape index (κ3) is 3.48. The van der Waals surface area contributed by atoms with Gasteiger partial charge in [0, 0.05) is 34.4 Å². The standard InChI is InChI=1S/C16H23N5/c1-10(2)21-13(5)8-15(14(21)6)9-17-20-16-18-11(3)7-12(4)19-16/h7-10H,1-6H3,(H,18,19,20)/b17-9-. The Bertz CT molecular complexity index is 647. The Kier molecular flexibility index (Phi) is 4.40. The molecule has 21 heavy (non-hydrogen) atoms. The van der Waals surface area contributed by atoms with Crippen molar-refractivity contribution in [2.45, 2.75) is 47.6 Å². The maximum absolute atomic E-state index is 4.30. The van der Waals surface area contributed by atoms with Crippen LogP contribution in [-0.4, -0.2) is 20.7 Å². The third-order valence-corrected chi connectivity index (χ3v) is 3.39. The van der Waals surface area contributed by atoms with Gasteiger partial charge in [0.15, 0.2) is 0 Å². The molecule has 2 aromatic heterocycles. The summed E-state index contributed by atoms with van der Waals surface area (Å²) in [6.45, 7) is 12.5. The second kappa shape index (κ2) is 6.08. The molecule has 0 saturated carbocycles. The summed E-state index contributed by atoms with van der Waals surface area (Å²) in [5.74, 6) is 0.529. The zero-order chi connectivity index (χ0) is 15.6. The van der Waals surface area contributed by atoms with E-state index >= 15 is 0 Å². The average molecular weight is 285 g/mol. The molecule has 0 atom stereocenters. The third-order valence-electron chi connectivity index (χ3n) is 3.39. The molecular weight excluding hydrogens is 262 g/mol. The molecule has 0 amide bonds. The SMILES string of the molecule is Cc1cc(C)nc(N/N=C\c2cc(C)n(C(C)C)c2C)n1. The van der Waals surface area contributed by atoms with Crippen molar-refractivity contribution in [1.29, 1.82) is 0 Å². The Balaban J connectivity index is 2.17. The van der Waals surface area contributed by atoms with E-state index in [0.29, 0.717) is 12.0 Å². The van der Waals surface area contributed by atoms with Crippen LogP contribution in [0.5, 0.6) is 0 Å². The van der Waals surface area contributed by atoms with E-state index in [1.807, 2.05) is 26.1 Å². The first kappa shape index (κ1) is 15.2. The highest BCUT2D eigenvalue weighted by Crippen LogP contribution is 2.18. The van der Waals surface area contributed by atoms with E-state index in [-0.39, 0.29) is 0 Å². The minimum absolute atomic E-state index is 0.447. The highest BCUT2D eigenvalue weighted by molar-refractivity contribution is 5.82. The van der Waals surface area contributed by atoms with Gasteiger partial charge in [0.25, 0.3) is 0 Å². The number of anilines is 1. The number of hydrazone groups is 1. The minimum atomic E-state index is 0.447. The maximum Gasteiger partial charge on any atom is 0.243 e. The maximum atomic E-state index is 4.30. The van der Waals surface area contributed by atoms with E-state index in [0.717, 1.165) is 17.0 Å². The predicted molar refractivity (Wildman–Crippen MR) is 87.0 cm³/mol. The van der Waals surface area contributed by atoms with Crippen LogP contribution in [-0.2, 0) is 0 Å². The van der Waals surface area contributed by atoms with Gasteiger partial charge in [-0.1, -0.05) is 0 Å². The predicted octanol–water partition coefficient (Wildman–Crippen LogP) is 3.54. The Morgan fingerprint density at radius 1 is 1.10 bits per heavy atom. The Hall–Kier alpha value is -2.17. The zero-order valence-corrected chi connectivity index (χ0v) is 13.6. The van der Waals surface area contributed by atoms with Crippen LogP contribution in [0.15, 0.2) is 17.2 Å². The van der Waals surface area contributed by atoms with Crippen molar-refractivity contribution < 1.29 is 0 Å². The molecule has 5 nitrogen and oxygen atoms in total. The van der Waals surface area contributed by atoms with Crippen LogP contribution in [0.4, 0.5) is 5.95 Å². The van der Waals surface area contributed by atoms with Crippen LogP contribution in [0.2, 0.25) is 0 Å². The molecule has 2 rings (SSSR count). The van der Waals surface area contributed by atoms with Crippen molar-refractivity contribution in [3.05, 3.63) is 40.5 Å². The molecule has 2 aromatic rings. The largest absolute Gasteiger partial charge is 0.346 e. The fourth-order valence-corrected chi connectivity index (χ4v) is 2.66. The van der Waals surface area contributed by atoms with Crippen LogP contribution in [0.3, 0.4) is 0 Å². The normalized spacial score (nSPS) is 11.6. The quantitative estimate of drug-likeness (QED) is 0.690. The molecule has 0 aliphatic carbocycles. The Morgan fingerprint density at radius 2 is 1.71 bits per heavy atom. The van der Waals surface area contributed by atoms with Crippen molar-refractivity contribution >= 4 is 12.2 Å². The molecule has 0 aliphatic heterocycles. The highest BCUT2D eigenvalue weighted by atomic mass is 15.3. The molecule has 0 fully saturated rings. The lowest BCUT2D eigenvalue weighted by Crippen LogP contribution is -2.05. The van der Waals surface area contributed by atoms with Crippen LogP contribution in [0.1, 0.15) is 48.2 Å². The van der Waals surface area contributed by atoms with E-state index in [9.17, 15) is 0 Å². The number of nitrogens with zero attached hydrogens (tertiary/aromatic N) is 4. The van der Waals surface area contributed by atoms with E-state index < -0.39 is 0 Å². The van der Waals surface area contributed by atoms with Gasteiger partial charge in [-0.15, -0.1) is 0 Å². The number of nitrogens with one attached hydrogen (secondary N) is 1. The number of aromatic nitrogens is 3. The van der Waals surface area contributed by atoms with Gasteiger partial charge in [-0.2, -0.15) is 5.10 Å². The highest BCUT2D eigenvalue weighted by Gasteiger charge is 2.09. The molecule has 112 valence electrons. The first-order valence-corrected chi connectivity index (χ1v) is 7.18. The molecule has 1 N–H and O–H groups in total. The van der Waals surface area contributed by atoms with Crippen LogP contribution in [0.25, 0.3) is 0 Å². The summed E-state index contributed by atoms with van der Waals surface area (Å²) in [7, 11) is 0. The van der Waals surface area contributed by atoms with Gasteiger partial charge in [0.05, 0.1) is 6.21 Å². The van der Waals surface area contributed by atoms with E-state index in [4.69, 9.17) is 0 Å². The summed E-state index contributed by atoms with van der Waals surface area (Å²) in [5.41, 5.74) is 8.32. The molecule has 0 spiro atoms. The average Bonchev–Trinajstić information content (AvgIpc) is 2.63. The second-order valence-electron chi connectivity index (χ2n) is 5.63. The van der Waals surface area contributed by atoms with Gasteiger partial charge in [-0.05, 0) is 53.7 Å². The van der Waals surface area contributed by atoms with Gasteiger partial charge in [-0.25, -0.2) is 15.4 Å². The van der Waals surface area contributed by atoms with Crippen LogP contribution >= 0.6 is 0 Å². The molecular formula is C16H23N5. The van der Waals surface area contributed by atoms with Gasteiger partial charge in [0.1, 0.15) is 0 Å². The molecule has 0 unspecified atom stereocenters. The van der Waals surface area contributed by atoms with Crippen LogP contribution < -0.4 is 5.43 Å². The molecule has 5 heteroatoms. The summed E-state index contributed by atoms with van der Waals surface area (Å²) < 4.78 is 2.30. The summed E-state index contributed by atoms with van der Waals surface area (Å²) in [6.07, 6.45) is 1.82. The summed E-state index contributed by atoms with van der Waals surface area (Å²) in [5, 5.41) is 4.26. The second-order valence-corrected chi connectivity index (χ2v) is 5.63. The zero-order valence-electron chi connectivity index (χ0n) is 13.6. The molecule has 0 radical (unpaired) electrons. The lowest BCUT2D eigenvalue weighted by Gasteiger charge is -2.13. The fourth-order valence-electron chi connectivity index (χ4n) is 2.66. The Labute approximate surface area is 126 Å². The van der Waals surface area contributed by atoms with Crippen LogP contribution in [0, 0.1) is 27.7 Å². The van der Waals surface area contributed by atoms with E-state index in [2.05, 4.69) is 58.8 Å². The lowest BCUT2D eigenvalue weighted by molar-refractivity contribution is 0.574. The molecule has 2 heterocycles. The lowest BCUT2D eigenvalue weighted by atomic mass is 10.2. The molecule has 0 aromatic carbocycles. The summed E-state index contributed by atoms with van der Waals surface area (Å²) >= 11 is 0. The van der Waals surface area contributed by atoms with E-state index in [1.54, 1.807) is 0 Å². The smallest absolute Gasteiger partial charge is 0.243 e. The van der Waals surface area contributed by atoms with E-state index in [1.165, 1.54) is 11.4 Å². The van der Waals surface area contributed by atoms with Crippen molar-refractivity contribution in [2.75, 3.05) is 5.43 Å². The fraction of sp³-hybridized carbons (Fsp3) is 0.438. The first-order valence-electron chi connectivity index (χ1n) is 7.18. The molecule has 0 saturated heterocycles. The minimum Gasteiger partial charge on any atom is -0.346 e. The molecule has 0 aliphatic rings. The van der Waals surface area contributed by atoms with Gasteiger partial charge in [-0.3, -0.25) is 0 Å². The van der Waals surface area contributed by atoms with Gasteiger partial charge < -0.3 is 4.57 Å². The monoisotopic (exact) mass is 285 g/mol. The van der Waals surface area contributed by atoms with Crippen molar-refractivity contribution in [1.82, 2.24) is 14.5 Å². The first-order chi connectivity index (χ1) is 9.88. The summed E-state index contributed by atoms with van der Waals surface area (Å²) in [4.78, 5) is 8.59. The van der Waals surface area contributed by atoms with Crippen molar-refractivity contribution in [3.63, 3.8) is 0 Å². The number of hydrogen-bond acceptors (Lipinski definition) is 4. The summed E-state index contributed by atoms with van der Waals surface area (Å²) in [6, 6.07) is 4.52. The topological polar surface area (TPSA) is 55.1 Å². The Morgan fingerprint density at radius 3 is 2.24 bits per heavy atom. The number of rotatable bonds is 4. The van der Waals surface area contributed by atoms with Crippen molar-refractivity contribution in [3.8, 4) is 0 Å². The van der Waals surface area contributed by atoms with Gasteiger partial charge in [0.2, 0.25) is 5.95 Å². The number of aryl methyl sites for hydroxylation is 3. The molecule has 0 bridgehead atoms. The van der Waals surface area contributed by atoms with Crippen molar-refractivity contribution in [2.24, 2.45) is 5.10 Å². The van der Waals surface area contributed by atoms with Gasteiger partial charge >= 0.3 is 0 Å².